The monoisotopic (exact) mass is 456 g/mol. The molecule has 96 valence electrons. The van der Waals surface area contributed by atoms with Crippen molar-refractivity contribution >= 4 is 0 Å². The van der Waals surface area contributed by atoms with E-state index < -0.39 is 41.9 Å². The normalized spacial score (nSPS) is 21.6. The molecule has 0 atom stereocenters. The summed E-state index contributed by atoms with van der Waals surface area (Å²) in [6, 6.07) is 0. The molecule has 0 bridgehead atoms. The van der Waals surface area contributed by atoms with E-state index in [1.807, 2.05) is 0 Å². The van der Waals surface area contributed by atoms with Crippen molar-refractivity contribution in [2.45, 2.75) is 0 Å². The zero-order valence-corrected chi connectivity index (χ0v) is 12.5. The Morgan fingerprint density at radius 1 is 0.333 bits per heavy atom. The summed E-state index contributed by atoms with van der Waals surface area (Å²) in [5.74, 6) is 0. The van der Waals surface area contributed by atoms with Gasteiger partial charge in [0.1, 0.15) is 0 Å². The summed E-state index contributed by atoms with van der Waals surface area (Å²) >= 11 is -22.6. The largest absolute Gasteiger partial charge is 4.00 e. The van der Waals surface area contributed by atoms with Crippen molar-refractivity contribution in [1.82, 2.24) is 0 Å². The molecule has 0 spiro atoms. The standard InChI is InChI=1S/12FH.Ti.2Zr/h12*1H;;;/q;;;;;;;;;;;;3*+4/p-12. The van der Waals surface area contributed by atoms with Gasteiger partial charge in [-0.15, -0.1) is 0 Å². The molecule has 0 saturated heterocycles. The molecule has 0 aromatic heterocycles. The Morgan fingerprint density at radius 2 is 0.333 bits per heavy atom. The molecule has 0 unspecified atom stereocenters. The van der Waals surface area contributed by atoms with Crippen LogP contribution in [0.15, 0.2) is 0 Å². The second-order valence-corrected chi connectivity index (χ2v) is 12.7. The molecule has 0 aliphatic rings. The molecular formula is F12TiZr2. The van der Waals surface area contributed by atoms with Crippen molar-refractivity contribution in [2.75, 3.05) is 0 Å². The Labute approximate surface area is 94.2 Å². The smallest absolute Gasteiger partial charge is 4.00 e. The fraction of sp³-hybridized carbons (Fsp3) is 0. The predicted molar refractivity (Wildman–Crippen MR) is 13.3 cm³/mol. The summed E-state index contributed by atoms with van der Waals surface area (Å²) in [4.78, 5) is 0. The molecular weight excluding hydrogens is 458 g/mol. The van der Waals surface area contributed by atoms with Crippen LogP contribution in [0, 0.1) is 0 Å². The quantitative estimate of drug-likeness (QED) is 0.353. The third kappa shape index (κ3) is 1080. The van der Waals surface area contributed by atoms with E-state index in [0.29, 0.717) is 0 Å². The van der Waals surface area contributed by atoms with Crippen LogP contribution in [0.5, 0.6) is 0 Å². The maximum atomic E-state index is 9.93. The van der Waals surface area contributed by atoms with Gasteiger partial charge in [0.15, 0.2) is 0 Å². The van der Waals surface area contributed by atoms with Gasteiger partial charge < -0.3 is 0 Å². The van der Waals surface area contributed by atoms with Gasteiger partial charge in [-0.05, 0) is 0 Å². The number of rotatable bonds is 0. The van der Waals surface area contributed by atoms with Gasteiger partial charge in [-0.25, -0.2) is 0 Å². The molecule has 0 aromatic rings. The molecule has 15 heteroatoms. The Hall–Kier alpha value is 1.64. The van der Waals surface area contributed by atoms with Gasteiger partial charge in [-0.2, -0.15) is 0 Å². The first-order valence-electron chi connectivity index (χ1n) is 2.27. The van der Waals surface area contributed by atoms with Crippen LogP contribution in [-0.4, -0.2) is 0 Å². The first-order chi connectivity index (χ1) is 4.90. The summed E-state index contributed by atoms with van der Waals surface area (Å²) in [7, 11) is 0. The minimum atomic E-state index is -11.3. The zero-order valence-electron chi connectivity index (χ0n) is 6.04. The second kappa shape index (κ2) is 3.35. The fourth-order valence-corrected chi connectivity index (χ4v) is 0. The Morgan fingerprint density at radius 3 is 0.333 bits per heavy atom. The molecule has 15 heavy (non-hydrogen) atoms. The SMILES string of the molecule is [F][Zr-2]([F])([F])([F])([F])[F].[F][Zr-2]([F])([F])([F])([F])[F].[Ti+4]. The van der Waals surface area contributed by atoms with Gasteiger partial charge in [0.05, 0.1) is 0 Å². The summed E-state index contributed by atoms with van der Waals surface area (Å²) in [5.41, 5.74) is 0. The van der Waals surface area contributed by atoms with Gasteiger partial charge in [0.25, 0.3) is 0 Å². The molecule has 0 heterocycles. The van der Waals surface area contributed by atoms with E-state index in [2.05, 4.69) is 0 Å². The molecule has 0 aliphatic carbocycles. The van der Waals surface area contributed by atoms with Crippen molar-refractivity contribution in [2.24, 2.45) is 0 Å². The second-order valence-electron chi connectivity index (χ2n) is 2.14. The fourth-order valence-electron chi connectivity index (χ4n) is 0. The van der Waals surface area contributed by atoms with Gasteiger partial charge in [0, 0.05) is 0 Å². The molecule has 0 aliphatic heterocycles. The van der Waals surface area contributed by atoms with Crippen LogP contribution < -0.4 is 0 Å². The Kier molecular flexibility index (Phi) is 4.88. The summed E-state index contributed by atoms with van der Waals surface area (Å²) in [5, 5.41) is 0. The van der Waals surface area contributed by atoms with Gasteiger partial charge in [-0.1, -0.05) is 0 Å². The summed E-state index contributed by atoms with van der Waals surface area (Å²) in [6.07, 6.45) is 0. The van der Waals surface area contributed by atoms with Crippen molar-refractivity contribution in [3.05, 3.63) is 0 Å². The molecule has 0 saturated carbocycles. The van der Waals surface area contributed by atoms with Crippen molar-refractivity contribution in [1.29, 1.82) is 0 Å². The number of hydrogen-bond donors (Lipinski definition) is 0. The topological polar surface area (TPSA) is 0 Å². The maximum Gasteiger partial charge on any atom is 4.00 e. The predicted octanol–water partition coefficient (Wildman–Crippen LogP) is 5.03. The van der Waals surface area contributed by atoms with Crippen LogP contribution in [0.1, 0.15) is 0 Å². The Balaban J connectivity index is -0.000000180. The van der Waals surface area contributed by atoms with Crippen molar-refractivity contribution in [3.8, 4) is 0 Å². The minimum Gasteiger partial charge on any atom is 4.00 e. The zero-order chi connectivity index (χ0) is 12.8. The van der Waals surface area contributed by atoms with E-state index in [4.69, 9.17) is 0 Å². The van der Waals surface area contributed by atoms with Crippen LogP contribution in [0.3, 0.4) is 0 Å². The van der Waals surface area contributed by atoms with Crippen molar-refractivity contribution < 1.29 is 95.1 Å². The van der Waals surface area contributed by atoms with Gasteiger partial charge in [-0.3, -0.25) is 0 Å². The Bertz CT molecular complexity index is 161. The third-order valence-electron chi connectivity index (χ3n) is 0. The van der Waals surface area contributed by atoms with Crippen LogP contribution in [-0.2, 0) is 63.6 Å². The minimum absolute atomic E-state index is 0. The van der Waals surface area contributed by atoms with E-state index in [0.717, 1.165) is 0 Å². The van der Waals surface area contributed by atoms with E-state index in [9.17, 15) is 31.5 Å². The molecule has 0 amide bonds. The van der Waals surface area contributed by atoms with Gasteiger partial charge >= 0.3 is 95.1 Å². The first-order valence-corrected chi connectivity index (χ1v) is 13.4. The van der Waals surface area contributed by atoms with Crippen LogP contribution in [0.2, 0.25) is 0 Å². The molecule has 0 radical (unpaired) electrons. The van der Waals surface area contributed by atoms with E-state index in [1.54, 1.807) is 0 Å². The number of hydrogen-bond acceptors (Lipinski definition) is 0. The van der Waals surface area contributed by atoms with Crippen LogP contribution in [0.4, 0.5) is 31.5 Å². The van der Waals surface area contributed by atoms with Crippen molar-refractivity contribution in [3.63, 3.8) is 0 Å². The molecule has 0 fully saturated rings. The first kappa shape index (κ1) is 21.9. The van der Waals surface area contributed by atoms with E-state index in [1.165, 1.54) is 0 Å². The van der Waals surface area contributed by atoms with Gasteiger partial charge in [0.2, 0.25) is 0 Å². The average molecular weight is 458 g/mol. The van der Waals surface area contributed by atoms with E-state index in [-0.39, 0.29) is 21.7 Å². The molecule has 0 N–H and O–H groups in total. The summed E-state index contributed by atoms with van der Waals surface area (Å²) < 4.78 is 119. The molecule has 0 nitrogen and oxygen atoms in total. The number of halogens is 12. The molecule has 0 aromatic carbocycles. The third-order valence-corrected chi connectivity index (χ3v) is 0. The summed E-state index contributed by atoms with van der Waals surface area (Å²) in [6.45, 7) is 0. The molecule has 0 rings (SSSR count). The maximum absolute atomic E-state index is 11.3. The average Bonchev–Trinajstić information content (AvgIpc) is 0.938. The van der Waals surface area contributed by atoms with Crippen LogP contribution >= 0.6 is 0 Å². The van der Waals surface area contributed by atoms with Crippen LogP contribution in [0.25, 0.3) is 0 Å². The van der Waals surface area contributed by atoms with E-state index >= 15 is 0 Å².